The van der Waals surface area contributed by atoms with Crippen molar-refractivity contribution in [3.05, 3.63) is 71.4 Å². The van der Waals surface area contributed by atoms with Crippen molar-refractivity contribution in [1.82, 2.24) is 15.0 Å². The zero-order valence-electron chi connectivity index (χ0n) is 18.4. The molecular weight excluding hydrogens is 409 g/mol. The maximum Gasteiger partial charge on any atom is 0.309 e. The summed E-state index contributed by atoms with van der Waals surface area (Å²) in [5, 5.41) is 13.1. The van der Waals surface area contributed by atoms with Crippen LogP contribution in [0, 0.1) is 11.7 Å². The van der Waals surface area contributed by atoms with Gasteiger partial charge in [-0.3, -0.25) is 9.69 Å². The monoisotopic (exact) mass is 437 g/mol. The highest BCUT2D eigenvalue weighted by molar-refractivity contribution is 5.71. The van der Waals surface area contributed by atoms with Gasteiger partial charge in [-0.15, -0.1) is 0 Å². The van der Waals surface area contributed by atoms with Crippen LogP contribution >= 0.6 is 0 Å². The number of hydrogen-bond acceptors (Lipinski definition) is 5. The Morgan fingerprint density at radius 3 is 2.50 bits per heavy atom. The lowest BCUT2D eigenvalue weighted by Gasteiger charge is -2.36. The van der Waals surface area contributed by atoms with Gasteiger partial charge in [0.2, 0.25) is 11.7 Å². The second-order valence-electron chi connectivity index (χ2n) is 9.18. The molecule has 1 N–H and O–H groups in total. The Morgan fingerprint density at radius 2 is 1.84 bits per heavy atom. The van der Waals surface area contributed by atoms with Crippen LogP contribution in [0.5, 0.6) is 0 Å². The Morgan fingerprint density at radius 1 is 1.16 bits per heavy atom. The number of aryl methyl sites for hydroxylation is 1. The molecule has 0 aliphatic carbocycles. The van der Waals surface area contributed by atoms with Crippen molar-refractivity contribution in [1.29, 1.82) is 0 Å². The minimum absolute atomic E-state index is 0.0622. The molecular formula is C25H28FN3O3. The van der Waals surface area contributed by atoms with Crippen molar-refractivity contribution >= 4 is 5.97 Å². The number of carboxylic acid groups (broad SMARTS) is 1. The van der Waals surface area contributed by atoms with Crippen LogP contribution in [0.1, 0.15) is 43.7 Å². The summed E-state index contributed by atoms with van der Waals surface area (Å²) >= 11 is 0. The Labute approximate surface area is 187 Å². The largest absolute Gasteiger partial charge is 0.481 e. The third kappa shape index (κ3) is 5.22. The summed E-state index contributed by atoms with van der Waals surface area (Å²) in [6, 6.07) is 14.7. The predicted molar refractivity (Wildman–Crippen MR) is 119 cm³/mol. The summed E-state index contributed by atoms with van der Waals surface area (Å²) in [7, 11) is 0. The van der Waals surface area contributed by atoms with Gasteiger partial charge in [0.1, 0.15) is 5.82 Å². The summed E-state index contributed by atoms with van der Waals surface area (Å²) in [5.74, 6) is -0.00123. The van der Waals surface area contributed by atoms with Crippen LogP contribution in [0.25, 0.3) is 11.4 Å². The third-order valence-corrected chi connectivity index (χ3v) is 6.21. The number of halogens is 1. The standard InChI is InChI=1S/C25H28FN3O3/c1-25(2,20-9-11-21(26)12-10-20)13-3-4-22-27-23(28-32-22)18-7-5-17(6-8-18)14-29-15-19(16-29)24(30)31/h5-12,19H,3-4,13-16H2,1-2H3,(H,30,31). The molecule has 2 aromatic carbocycles. The third-order valence-electron chi connectivity index (χ3n) is 6.21. The molecule has 1 aromatic heterocycles. The van der Waals surface area contributed by atoms with Crippen molar-refractivity contribution in [2.24, 2.45) is 5.92 Å². The van der Waals surface area contributed by atoms with E-state index in [4.69, 9.17) is 9.63 Å². The van der Waals surface area contributed by atoms with Crippen molar-refractivity contribution in [2.75, 3.05) is 13.1 Å². The first-order valence-corrected chi connectivity index (χ1v) is 10.9. The van der Waals surface area contributed by atoms with Crippen molar-refractivity contribution in [3.8, 4) is 11.4 Å². The lowest BCUT2D eigenvalue weighted by atomic mass is 9.80. The van der Waals surface area contributed by atoms with E-state index in [1.165, 1.54) is 12.1 Å². The molecule has 0 radical (unpaired) electrons. The van der Waals surface area contributed by atoms with Crippen molar-refractivity contribution in [3.63, 3.8) is 0 Å². The molecule has 1 aliphatic rings. The first-order valence-electron chi connectivity index (χ1n) is 10.9. The molecule has 0 amide bonds. The zero-order chi connectivity index (χ0) is 22.7. The average Bonchev–Trinajstić information content (AvgIpc) is 3.19. The van der Waals surface area contributed by atoms with Crippen LogP contribution in [0.15, 0.2) is 53.1 Å². The predicted octanol–water partition coefficient (Wildman–Crippen LogP) is 4.69. The molecule has 0 saturated carbocycles. The molecule has 0 bridgehead atoms. The van der Waals surface area contributed by atoms with Crippen LogP contribution in [0.2, 0.25) is 0 Å². The maximum atomic E-state index is 13.2. The Balaban J connectivity index is 1.28. The number of hydrogen-bond donors (Lipinski definition) is 1. The van der Waals surface area contributed by atoms with Gasteiger partial charge in [0, 0.05) is 31.6 Å². The smallest absolute Gasteiger partial charge is 0.309 e. The summed E-state index contributed by atoms with van der Waals surface area (Å²) < 4.78 is 18.6. The van der Waals surface area contributed by atoms with Crippen LogP contribution in [0.4, 0.5) is 4.39 Å². The number of aliphatic carboxylic acids is 1. The quantitative estimate of drug-likeness (QED) is 0.523. The Hall–Kier alpha value is -3.06. The second-order valence-corrected chi connectivity index (χ2v) is 9.18. The van der Waals surface area contributed by atoms with E-state index in [0.717, 1.165) is 36.1 Å². The van der Waals surface area contributed by atoms with Gasteiger partial charge in [-0.25, -0.2) is 4.39 Å². The van der Waals surface area contributed by atoms with Gasteiger partial charge in [-0.05, 0) is 41.5 Å². The van der Waals surface area contributed by atoms with E-state index in [9.17, 15) is 9.18 Å². The molecule has 0 spiro atoms. The number of aromatic nitrogens is 2. The fourth-order valence-electron chi connectivity index (χ4n) is 4.07. The molecule has 1 aliphatic heterocycles. The molecule has 3 aromatic rings. The van der Waals surface area contributed by atoms with Gasteiger partial charge in [0.05, 0.1) is 5.92 Å². The van der Waals surface area contributed by atoms with E-state index in [-0.39, 0.29) is 17.2 Å². The van der Waals surface area contributed by atoms with E-state index in [1.807, 2.05) is 36.4 Å². The fourth-order valence-corrected chi connectivity index (χ4v) is 4.07. The van der Waals surface area contributed by atoms with Crippen LogP contribution < -0.4 is 0 Å². The number of nitrogens with zero attached hydrogens (tertiary/aromatic N) is 3. The van der Waals surface area contributed by atoms with E-state index in [2.05, 4.69) is 28.9 Å². The van der Waals surface area contributed by atoms with Gasteiger partial charge in [-0.1, -0.05) is 55.4 Å². The summed E-state index contributed by atoms with van der Waals surface area (Å²) in [6.07, 6.45) is 2.50. The van der Waals surface area contributed by atoms with E-state index >= 15 is 0 Å². The Bertz CT molecular complexity index is 1050. The van der Waals surface area contributed by atoms with Gasteiger partial charge in [0.25, 0.3) is 0 Å². The van der Waals surface area contributed by atoms with Crippen LogP contribution in [-0.2, 0) is 23.2 Å². The first kappa shape index (κ1) is 22.1. The van der Waals surface area contributed by atoms with E-state index in [0.29, 0.717) is 31.2 Å². The van der Waals surface area contributed by atoms with Gasteiger partial charge >= 0.3 is 5.97 Å². The van der Waals surface area contributed by atoms with Gasteiger partial charge < -0.3 is 9.63 Å². The lowest BCUT2D eigenvalue weighted by molar-refractivity contribution is -0.147. The summed E-state index contributed by atoms with van der Waals surface area (Å²) in [6.45, 7) is 6.25. The zero-order valence-corrected chi connectivity index (χ0v) is 18.4. The molecule has 6 nitrogen and oxygen atoms in total. The van der Waals surface area contributed by atoms with Gasteiger partial charge in [-0.2, -0.15) is 4.98 Å². The normalized spacial score (nSPS) is 15.0. The molecule has 2 heterocycles. The van der Waals surface area contributed by atoms with E-state index in [1.54, 1.807) is 0 Å². The average molecular weight is 438 g/mol. The van der Waals surface area contributed by atoms with Crippen LogP contribution in [0.3, 0.4) is 0 Å². The lowest BCUT2D eigenvalue weighted by Crippen LogP contribution is -2.49. The highest BCUT2D eigenvalue weighted by atomic mass is 19.1. The van der Waals surface area contributed by atoms with Crippen LogP contribution in [-0.4, -0.2) is 39.2 Å². The highest BCUT2D eigenvalue weighted by Crippen LogP contribution is 2.29. The molecule has 1 fully saturated rings. The topological polar surface area (TPSA) is 79.5 Å². The summed E-state index contributed by atoms with van der Waals surface area (Å²) in [5.41, 5.74) is 3.07. The van der Waals surface area contributed by atoms with Gasteiger partial charge in [0.15, 0.2) is 0 Å². The number of rotatable bonds is 9. The second kappa shape index (κ2) is 9.20. The number of benzene rings is 2. The Kier molecular flexibility index (Phi) is 6.37. The number of likely N-dealkylation sites (tertiary alicyclic amines) is 1. The molecule has 32 heavy (non-hydrogen) atoms. The minimum atomic E-state index is -0.719. The molecule has 4 rings (SSSR count). The van der Waals surface area contributed by atoms with Crippen molar-refractivity contribution in [2.45, 2.75) is 45.1 Å². The van der Waals surface area contributed by atoms with Crippen molar-refractivity contribution < 1.29 is 18.8 Å². The fraction of sp³-hybridized carbons (Fsp3) is 0.400. The maximum absolute atomic E-state index is 13.2. The highest BCUT2D eigenvalue weighted by Gasteiger charge is 2.32. The molecule has 168 valence electrons. The molecule has 0 atom stereocenters. The number of carbonyl (C=O) groups is 1. The molecule has 7 heteroatoms. The SMILES string of the molecule is CC(C)(CCCc1nc(-c2ccc(CN3CC(C(=O)O)C3)cc2)no1)c1ccc(F)cc1. The minimum Gasteiger partial charge on any atom is -0.481 e. The molecule has 0 unspecified atom stereocenters. The first-order chi connectivity index (χ1) is 15.3. The number of carboxylic acids is 1. The van der Waals surface area contributed by atoms with E-state index < -0.39 is 5.97 Å². The summed E-state index contributed by atoms with van der Waals surface area (Å²) in [4.78, 5) is 17.6. The molecule has 1 saturated heterocycles.